The molecule has 5 rings (SSSR count). The summed E-state index contributed by atoms with van der Waals surface area (Å²) in [6.07, 6.45) is 3.75. The van der Waals surface area contributed by atoms with Crippen molar-refractivity contribution in [2.24, 2.45) is 11.8 Å². The molecule has 4 heterocycles. The Balaban J connectivity index is 1.13. The van der Waals surface area contributed by atoms with Crippen LogP contribution >= 0.6 is 0 Å². The van der Waals surface area contributed by atoms with Crippen LogP contribution < -0.4 is 0 Å². The lowest BCUT2D eigenvalue weighted by Crippen LogP contribution is -2.38. The van der Waals surface area contributed by atoms with Crippen molar-refractivity contribution in [1.82, 2.24) is 9.80 Å². The number of piperidine rings is 1. The molecule has 2 fully saturated rings. The largest absolute Gasteiger partial charge is 0.457 e. The first-order valence-corrected chi connectivity index (χ1v) is 11.6. The zero-order chi connectivity index (χ0) is 22.4. The number of carbonyl (C=O) groups is 3. The zero-order valence-corrected chi connectivity index (χ0v) is 18.8. The van der Waals surface area contributed by atoms with Crippen LogP contribution in [0.25, 0.3) is 0 Å². The van der Waals surface area contributed by atoms with Gasteiger partial charge in [0.05, 0.1) is 16.8 Å². The highest BCUT2D eigenvalue weighted by Gasteiger charge is 2.40. The van der Waals surface area contributed by atoms with E-state index >= 15 is 0 Å². The van der Waals surface area contributed by atoms with E-state index in [2.05, 4.69) is 17.9 Å². The lowest BCUT2D eigenvalue weighted by Gasteiger charge is -2.34. The van der Waals surface area contributed by atoms with Gasteiger partial charge in [0.25, 0.3) is 0 Å². The molecule has 0 saturated carbocycles. The fourth-order valence-electron chi connectivity index (χ4n) is 5.66. The monoisotopic (exact) mass is 438 g/mol. The number of benzene rings is 1. The fourth-order valence-corrected chi connectivity index (χ4v) is 5.66. The molecule has 4 aliphatic heterocycles. The predicted octanol–water partition coefficient (Wildman–Crippen LogP) is 2.60. The van der Waals surface area contributed by atoms with Crippen LogP contribution in [0.3, 0.4) is 0 Å². The van der Waals surface area contributed by atoms with Crippen molar-refractivity contribution in [2.45, 2.75) is 46.1 Å². The molecular weight excluding hydrogens is 408 g/mol. The molecule has 7 heteroatoms. The maximum atomic E-state index is 12.6. The van der Waals surface area contributed by atoms with E-state index in [0.717, 1.165) is 50.2 Å². The molecule has 170 valence electrons. The van der Waals surface area contributed by atoms with Gasteiger partial charge in [0, 0.05) is 25.1 Å². The van der Waals surface area contributed by atoms with Crippen LogP contribution in [-0.4, -0.2) is 60.4 Å². The summed E-state index contributed by atoms with van der Waals surface area (Å²) in [5.74, 6) is 0.516. The van der Waals surface area contributed by atoms with Crippen LogP contribution in [0.5, 0.6) is 0 Å². The van der Waals surface area contributed by atoms with Gasteiger partial charge in [0.1, 0.15) is 13.2 Å². The number of likely N-dealkylation sites (tertiary alicyclic amines) is 2. The minimum atomic E-state index is -0.303. The minimum Gasteiger partial charge on any atom is -0.457 e. The summed E-state index contributed by atoms with van der Waals surface area (Å²) in [5, 5.41) is 0. The van der Waals surface area contributed by atoms with Gasteiger partial charge in [0.2, 0.25) is 5.91 Å². The second kappa shape index (κ2) is 8.35. The third-order valence-corrected chi connectivity index (χ3v) is 7.83. The van der Waals surface area contributed by atoms with Gasteiger partial charge in [-0.05, 0) is 75.2 Å². The number of esters is 2. The zero-order valence-electron chi connectivity index (χ0n) is 18.8. The van der Waals surface area contributed by atoms with Crippen LogP contribution in [0.15, 0.2) is 23.4 Å². The van der Waals surface area contributed by atoms with Crippen LogP contribution in [0.2, 0.25) is 0 Å². The van der Waals surface area contributed by atoms with Crippen molar-refractivity contribution in [3.63, 3.8) is 0 Å². The predicted molar refractivity (Wildman–Crippen MR) is 117 cm³/mol. The second-order valence-electron chi connectivity index (χ2n) is 9.50. The van der Waals surface area contributed by atoms with E-state index < -0.39 is 0 Å². The van der Waals surface area contributed by atoms with Gasteiger partial charge in [-0.1, -0.05) is 6.07 Å². The van der Waals surface area contributed by atoms with Gasteiger partial charge < -0.3 is 19.3 Å². The number of nitrogens with zero attached hydrogens (tertiary/aromatic N) is 2. The maximum Gasteiger partial charge on any atom is 0.338 e. The smallest absolute Gasteiger partial charge is 0.338 e. The number of cyclic esters (lactones) is 2. The molecule has 1 atom stereocenters. The molecule has 1 unspecified atom stereocenters. The molecule has 1 aromatic carbocycles. The fraction of sp³-hybridized carbons (Fsp3) is 0.560. The number of amides is 1. The van der Waals surface area contributed by atoms with E-state index in [9.17, 15) is 14.4 Å². The van der Waals surface area contributed by atoms with Gasteiger partial charge in [0.15, 0.2) is 0 Å². The number of hydrogen-bond donors (Lipinski definition) is 0. The number of hydrogen-bond acceptors (Lipinski definition) is 6. The molecule has 0 radical (unpaired) electrons. The third kappa shape index (κ3) is 3.72. The molecule has 0 aromatic heterocycles. The average molecular weight is 439 g/mol. The van der Waals surface area contributed by atoms with Crippen molar-refractivity contribution in [1.29, 1.82) is 0 Å². The first-order chi connectivity index (χ1) is 15.4. The van der Waals surface area contributed by atoms with Crippen LogP contribution in [0, 0.1) is 18.8 Å². The highest BCUT2D eigenvalue weighted by atomic mass is 16.5. The Morgan fingerprint density at radius 3 is 2.44 bits per heavy atom. The molecule has 0 N–H and O–H groups in total. The van der Waals surface area contributed by atoms with Gasteiger partial charge in [-0.25, -0.2) is 9.59 Å². The summed E-state index contributed by atoms with van der Waals surface area (Å²) in [6.45, 7) is 8.26. The van der Waals surface area contributed by atoms with Crippen molar-refractivity contribution in [2.75, 3.05) is 32.8 Å². The van der Waals surface area contributed by atoms with Crippen molar-refractivity contribution < 1.29 is 23.9 Å². The molecule has 0 spiro atoms. The SMILES string of the molecule is CC1=C(N2CC(C3CCN(CCc4ccc5c(c4C)COC5=O)CC3)CC2=O)COC1=O. The van der Waals surface area contributed by atoms with Gasteiger partial charge >= 0.3 is 11.9 Å². The average Bonchev–Trinajstić information content (AvgIpc) is 3.46. The highest BCUT2D eigenvalue weighted by Crippen LogP contribution is 2.35. The third-order valence-electron chi connectivity index (χ3n) is 7.83. The Kier molecular flexibility index (Phi) is 5.53. The van der Waals surface area contributed by atoms with Gasteiger partial charge in [-0.3, -0.25) is 4.79 Å². The van der Waals surface area contributed by atoms with E-state index in [1.165, 1.54) is 11.1 Å². The Labute approximate surface area is 188 Å². The van der Waals surface area contributed by atoms with Crippen molar-refractivity contribution >= 4 is 17.8 Å². The summed E-state index contributed by atoms with van der Waals surface area (Å²) in [7, 11) is 0. The summed E-state index contributed by atoms with van der Waals surface area (Å²) in [5.41, 5.74) is 5.57. The molecule has 2 saturated heterocycles. The molecular formula is C25H30N2O5. The molecule has 7 nitrogen and oxygen atoms in total. The first-order valence-electron chi connectivity index (χ1n) is 11.6. The second-order valence-corrected chi connectivity index (χ2v) is 9.50. The summed E-state index contributed by atoms with van der Waals surface area (Å²) in [6, 6.07) is 3.97. The topological polar surface area (TPSA) is 76.2 Å². The van der Waals surface area contributed by atoms with Crippen LogP contribution in [-0.2, 0) is 32.1 Å². The van der Waals surface area contributed by atoms with E-state index in [1.807, 2.05) is 6.07 Å². The Morgan fingerprint density at radius 1 is 0.969 bits per heavy atom. The molecule has 1 amide bonds. The van der Waals surface area contributed by atoms with Crippen molar-refractivity contribution in [3.8, 4) is 0 Å². The molecule has 0 bridgehead atoms. The van der Waals surface area contributed by atoms with E-state index in [4.69, 9.17) is 9.47 Å². The molecule has 0 aliphatic carbocycles. The minimum absolute atomic E-state index is 0.125. The van der Waals surface area contributed by atoms with Gasteiger partial charge in [-0.2, -0.15) is 0 Å². The number of ether oxygens (including phenoxy) is 2. The van der Waals surface area contributed by atoms with Crippen LogP contribution in [0.4, 0.5) is 0 Å². The lowest BCUT2D eigenvalue weighted by molar-refractivity contribution is -0.136. The van der Waals surface area contributed by atoms with Crippen LogP contribution in [0.1, 0.15) is 53.2 Å². The molecule has 1 aromatic rings. The van der Waals surface area contributed by atoms with Gasteiger partial charge in [-0.15, -0.1) is 0 Å². The number of fused-ring (bicyclic) bond motifs is 1. The maximum absolute atomic E-state index is 12.6. The Bertz CT molecular complexity index is 1010. The number of rotatable bonds is 5. The van der Waals surface area contributed by atoms with E-state index in [1.54, 1.807) is 11.8 Å². The standard InChI is InChI=1S/C25H30N2O5/c1-15-17(3-4-20-21(15)13-31-25(20)30)5-8-26-9-6-18(7-10-26)19-11-23(28)27(12-19)22-14-32-24(29)16(22)2/h3-4,18-19H,5-14H2,1-2H3. The van der Waals surface area contributed by atoms with E-state index in [0.29, 0.717) is 42.5 Å². The quantitative estimate of drug-likeness (QED) is 0.658. The molecule has 32 heavy (non-hydrogen) atoms. The summed E-state index contributed by atoms with van der Waals surface area (Å²) in [4.78, 5) is 40.3. The highest BCUT2D eigenvalue weighted by molar-refractivity contribution is 5.94. The molecule has 4 aliphatic rings. The Hall–Kier alpha value is -2.67. The Morgan fingerprint density at radius 2 is 1.72 bits per heavy atom. The summed E-state index contributed by atoms with van der Waals surface area (Å²) >= 11 is 0. The van der Waals surface area contributed by atoms with E-state index in [-0.39, 0.29) is 24.5 Å². The lowest BCUT2D eigenvalue weighted by atomic mass is 9.83. The first kappa shape index (κ1) is 21.2. The normalized spacial score (nSPS) is 24.4. The number of carbonyl (C=O) groups excluding carboxylic acids is 3. The summed E-state index contributed by atoms with van der Waals surface area (Å²) < 4.78 is 10.3. The van der Waals surface area contributed by atoms with Crippen molar-refractivity contribution in [3.05, 3.63) is 45.7 Å².